The molecular weight excluding hydrogens is 258 g/mol. The molecule has 0 aliphatic carbocycles. The van der Waals surface area contributed by atoms with Gasteiger partial charge in [-0.2, -0.15) is 0 Å². The van der Waals surface area contributed by atoms with E-state index in [1.807, 2.05) is 31.3 Å². The molecule has 2 aromatic rings. The summed E-state index contributed by atoms with van der Waals surface area (Å²) in [6, 6.07) is 16.4. The van der Waals surface area contributed by atoms with Crippen LogP contribution in [0.1, 0.15) is 17.2 Å². The topological polar surface area (TPSA) is 21.3 Å². The van der Waals surface area contributed by atoms with Crippen molar-refractivity contribution >= 4 is 11.6 Å². The molecule has 0 spiro atoms. The third-order valence-electron chi connectivity index (χ3n) is 3.20. The molecule has 3 heteroatoms. The number of methoxy groups -OCH3 is 1. The van der Waals surface area contributed by atoms with Crippen LogP contribution in [0.15, 0.2) is 48.5 Å². The molecule has 0 amide bonds. The van der Waals surface area contributed by atoms with Crippen LogP contribution in [0.3, 0.4) is 0 Å². The molecule has 0 saturated heterocycles. The zero-order valence-corrected chi connectivity index (χ0v) is 11.9. The number of hydrogen-bond acceptors (Lipinski definition) is 2. The fourth-order valence-corrected chi connectivity index (χ4v) is 2.35. The molecular formula is C16H18ClNO. The largest absolute Gasteiger partial charge is 0.496 e. The van der Waals surface area contributed by atoms with Crippen molar-refractivity contribution in [2.45, 2.75) is 12.5 Å². The Morgan fingerprint density at radius 3 is 2.53 bits per heavy atom. The Hall–Kier alpha value is -1.51. The molecule has 2 aromatic carbocycles. The van der Waals surface area contributed by atoms with E-state index in [0.717, 1.165) is 17.7 Å². The Balaban J connectivity index is 2.27. The first-order valence-electron chi connectivity index (χ1n) is 6.29. The van der Waals surface area contributed by atoms with Crippen LogP contribution in [-0.2, 0) is 6.42 Å². The summed E-state index contributed by atoms with van der Waals surface area (Å²) in [5.41, 5.74) is 2.41. The van der Waals surface area contributed by atoms with Gasteiger partial charge in [0.1, 0.15) is 5.75 Å². The van der Waals surface area contributed by atoms with Gasteiger partial charge in [-0.05, 0) is 31.2 Å². The SMILES string of the molecule is CNC(Cc1ccccc1)c1ccc(Cl)cc1OC. The molecule has 0 aliphatic rings. The Labute approximate surface area is 119 Å². The van der Waals surface area contributed by atoms with Gasteiger partial charge < -0.3 is 10.1 Å². The lowest BCUT2D eigenvalue weighted by atomic mass is 9.98. The molecule has 1 N–H and O–H groups in total. The highest BCUT2D eigenvalue weighted by Crippen LogP contribution is 2.30. The van der Waals surface area contributed by atoms with Gasteiger partial charge in [0.2, 0.25) is 0 Å². The lowest BCUT2D eigenvalue weighted by molar-refractivity contribution is 0.401. The minimum Gasteiger partial charge on any atom is -0.496 e. The van der Waals surface area contributed by atoms with Crippen LogP contribution >= 0.6 is 11.6 Å². The lowest BCUT2D eigenvalue weighted by Crippen LogP contribution is -2.19. The average Bonchev–Trinajstić information content (AvgIpc) is 2.46. The van der Waals surface area contributed by atoms with Crippen LogP contribution in [0.4, 0.5) is 0 Å². The minimum atomic E-state index is 0.203. The molecule has 100 valence electrons. The molecule has 0 aliphatic heterocycles. The summed E-state index contributed by atoms with van der Waals surface area (Å²) < 4.78 is 5.42. The van der Waals surface area contributed by atoms with Crippen molar-refractivity contribution in [1.29, 1.82) is 0 Å². The Morgan fingerprint density at radius 1 is 1.16 bits per heavy atom. The fraction of sp³-hybridized carbons (Fsp3) is 0.250. The number of rotatable bonds is 5. The van der Waals surface area contributed by atoms with Gasteiger partial charge in [0.15, 0.2) is 0 Å². The Kier molecular flexibility index (Phi) is 4.83. The highest BCUT2D eigenvalue weighted by molar-refractivity contribution is 6.30. The molecule has 0 radical (unpaired) electrons. The molecule has 1 unspecified atom stereocenters. The predicted octanol–water partition coefficient (Wildman–Crippen LogP) is 3.85. The zero-order valence-electron chi connectivity index (χ0n) is 11.2. The van der Waals surface area contributed by atoms with Crippen molar-refractivity contribution in [3.63, 3.8) is 0 Å². The average molecular weight is 276 g/mol. The van der Waals surface area contributed by atoms with E-state index in [9.17, 15) is 0 Å². The Bertz CT molecular complexity index is 528. The molecule has 0 heterocycles. The molecule has 2 nitrogen and oxygen atoms in total. The van der Waals surface area contributed by atoms with Crippen LogP contribution in [0.25, 0.3) is 0 Å². The van der Waals surface area contributed by atoms with Gasteiger partial charge in [0, 0.05) is 16.6 Å². The van der Waals surface area contributed by atoms with Crippen molar-refractivity contribution in [1.82, 2.24) is 5.32 Å². The minimum absolute atomic E-state index is 0.203. The smallest absolute Gasteiger partial charge is 0.125 e. The maximum Gasteiger partial charge on any atom is 0.125 e. The van der Waals surface area contributed by atoms with Crippen LogP contribution in [0.2, 0.25) is 5.02 Å². The highest BCUT2D eigenvalue weighted by atomic mass is 35.5. The Morgan fingerprint density at radius 2 is 1.89 bits per heavy atom. The predicted molar refractivity (Wildman–Crippen MR) is 80.0 cm³/mol. The second kappa shape index (κ2) is 6.60. The maximum atomic E-state index is 6.00. The first-order valence-corrected chi connectivity index (χ1v) is 6.67. The summed E-state index contributed by atoms with van der Waals surface area (Å²) in [7, 11) is 3.63. The van der Waals surface area contributed by atoms with E-state index in [2.05, 4.69) is 29.6 Å². The number of hydrogen-bond donors (Lipinski definition) is 1. The van der Waals surface area contributed by atoms with Gasteiger partial charge in [-0.15, -0.1) is 0 Å². The van der Waals surface area contributed by atoms with Gasteiger partial charge in [0.05, 0.1) is 7.11 Å². The maximum absolute atomic E-state index is 6.00. The molecule has 0 bridgehead atoms. The van der Waals surface area contributed by atoms with Crippen molar-refractivity contribution in [3.8, 4) is 5.75 Å². The molecule has 2 rings (SSSR count). The van der Waals surface area contributed by atoms with Crippen molar-refractivity contribution in [2.75, 3.05) is 14.2 Å². The van der Waals surface area contributed by atoms with Crippen LogP contribution in [0, 0.1) is 0 Å². The lowest BCUT2D eigenvalue weighted by Gasteiger charge is -2.19. The molecule has 1 atom stereocenters. The molecule has 0 fully saturated rings. The molecule has 0 aromatic heterocycles. The van der Waals surface area contributed by atoms with E-state index < -0.39 is 0 Å². The summed E-state index contributed by atoms with van der Waals surface area (Å²) in [5.74, 6) is 0.822. The van der Waals surface area contributed by atoms with E-state index >= 15 is 0 Å². The first-order chi connectivity index (χ1) is 9.24. The van der Waals surface area contributed by atoms with Crippen molar-refractivity contribution in [2.24, 2.45) is 0 Å². The monoisotopic (exact) mass is 275 g/mol. The number of nitrogens with one attached hydrogen (secondary N) is 1. The van der Waals surface area contributed by atoms with Crippen molar-refractivity contribution in [3.05, 3.63) is 64.7 Å². The summed E-state index contributed by atoms with van der Waals surface area (Å²) in [6.45, 7) is 0. The summed E-state index contributed by atoms with van der Waals surface area (Å²) in [5, 5.41) is 4.03. The van der Waals surface area contributed by atoms with E-state index in [4.69, 9.17) is 16.3 Å². The number of ether oxygens (including phenoxy) is 1. The highest BCUT2D eigenvalue weighted by Gasteiger charge is 2.15. The zero-order chi connectivity index (χ0) is 13.7. The quantitative estimate of drug-likeness (QED) is 0.895. The van der Waals surface area contributed by atoms with E-state index in [0.29, 0.717) is 5.02 Å². The summed E-state index contributed by atoms with van der Waals surface area (Å²) in [6.07, 6.45) is 0.912. The van der Waals surface area contributed by atoms with Crippen molar-refractivity contribution < 1.29 is 4.74 Å². The van der Waals surface area contributed by atoms with E-state index in [-0.39, 0.29) is 6.04 Å². The summed E-state index contributed by atoms with van der Waals surface area (Å²) in [4.78, 5) is 0. The number of likely N-dealkylation sites (N-methyl/N-ethyl adjacent to an activating group) is 1. The van der Waals surface area contributed by atoms with E-state index in [1.54, 1.807) is 7.11 Å². The molecule has 0 saturated carbocycles. The van der Waals surface area contributed by atoms with Gasteiger partial charge in [-0.3, -0.25) is 0 Å². The second-order valence-electron chi connectivity index (χ2n) is 4.42. The summed E-state index contributed by atoms with van der Waals surface area (Å²) >= 11 is 6.00. The number of halogens is 1. The van der Waals surface area contributed by atoms with Gasteiger partial charge >= 0.3 is 0 Å². The fourth-order valence-electron chi connectivity index (χ4n) is 2.19. The normalized spacial score (nSPS) is 12.2. The van der Waals surface area contributed by atoms with Gasteiger partial charge in [-0.25, -0.2) is 0 Å². The first kappa shape index (κ1) is 13.9. The van der Waals surface area contributed by atoms with E-state index in [1.165, 1.54) is 5.56 Å². The number of benzene rings is 2. The van der Waals surface area contributed by atoms with Crippen LogP contribution in [-0.4, -0.2) is 14.2 Å². The molecule has 19 heavy (non-hydrogen) atoms. The third kappa shape index (κ3) is 3.49. The second-order valence-corrected chi connectivity index (χ2v) is 4.85. The van der Waals surface area contributed by atoms with Crippen LogP contribution in [0.5, 0.6) is 5.75 Å². The van der Waals surface area contributed by atoms with Crippen LogP contribution < -0.4 is 10.1 Å². The third-order valence-corrected chi connectivity index (χ3v) is 3.44. The van der Waals surface area contributed by atoms with Gasteiger partial charge in [-0.1, -0.05) is 48.0 Å². The standard InChI is InChI=1S/C16H18ClNO/c1-18-15(10-12-6-4-3-5-7-12)14-9-8-13(17)11-16(14)19-2/h3-9,11,15,18H,10H2,1-2H3. The van der Waals surface area contributed by atoms with Gasteiger partial charge in [0.25, 0.3) is 0 Å².